The van der Waals surface area contributed by atoms with E-state index < -0.39 is 42.0 Å². The Morgan fingerprint density at radius 1 is 0.800 bits per heavy atom. The van der Waals surface area contributed by atoms with Gasteiger partial charge in [0.1, 0.15) is 10.5 Å². The van der Waals surface area contributed by atoms with Crippen molar-refractivity contribution in [2.24, 2.45) is 0 Å². The molecule has 22 heteroatoms. The lowest BCUT2D eigenvalue weighted by molar-refractivity contribution is -0.193. The summed E-state index contributed by atoms with van der Waals surface area (Å²) in [7, 11) is 0. The molecule has 0 radical (unpaired) electrons. The van der Waals surface area contributed by atoms with E-state index in [4.69, 9.17) is 29.7 Å². The first kappa shape index (κ1) is 41.2. The van der Waals surface area contributed by atoms with Gasteiger partial charge >= 0.3 is 36.4 Å². The van der Waals surface area contributed by atoms with Gasteiger partial charge in [-0.05, 0) is 36.6 Å². The van der Waals surface area contributed by atoms with Crippen LogP contribution in [0.2, 0.25) is 0 Å². The SMILES string of the molecule is O=C(O)C(F)(F)F.O=C(O)C(F)(F)F.O=C(O)C(F)(F)F.O=C1N(Cc2cccnc2)c2ccccc2NC12CCN(Cc1nccs1)CC2. The summed E-state index contributed by atoms with van der Waals surface area (Å²) in [5, 5.41) is 28.1. The van der Waals surface area contributed by atoms with Crippen LogP contribution in [0.1, 0.15) is 23.4 Å². The van der Waals surface area contributed by atoms with E-state index in [-0.39, 0.29) is 5.91 Å². The van der Waals surface area contributed by atoms with Crippen molar-refractivity contribution in [1.29, 1.82) is 0 Å². The standard InChI is InChI=1S/C22H23N5OS.3C2HF3O2/c28-21-22(7-11-26(12-8-22)16-20-24-10-13-29-20)25-18-5-1-2-6-19(18)27(21)15-17-4-3-9-23-14-17;3*3-2(4,5)1(6)7/h1-6,9-10,13-14,25H,7-8,11-12,15-16H2;3*(H,6,7). The highest BCUT2D eigenvalue weighted by Gasteiger charge is 2.47. The number of rotatable bonds is 4. The normalized spacial score (nSPS) is 15.5. The number of carboxylic acid groups (broad SMARTS) is 3. The molecule has 1 saturated heterocycles. The fourth-order valence-corrected chi connectivity index (χ4v) is 4.94. The van der Waals surface area contributed by atoms with E-state index in [2.05, 4.69) is 26.3 Å². The molecule has 0 saturated carbocycles. The third-order valence-corrected chi connectivity index (χ3v) is 7.33. The second kappa shape index (κ2) is 17.1. The number of hydrogen-bond donors (Lipinski definition) is 4. The number of para-hydroxylation sites is 2. The zero-order valence-electron chi connectivity index (χ0n) is 25.1. The summed E-state index contributed by atoms with van der Waals surface area (Å²) in [6, 6.07) is 12.0. The Morgan fingerprint density at radius 3 is 1.76 bits per heavy atom. The third kappa shape index (κ3) is 12.5. The van der Waals surface area contributed by atoms with Gasteiger partial charge in [0, 0.05) is 37.1 Å². The molecule has 4 N–H and O–H groups in total. The van der Waals surface area contributed by atoms with Crippen LogP contribution in [0.25, 0.3) is 0 Å². The van der Waals surface area contributed by atoms with Crippen LogP contribution < -0.4 is 10.2 Å². The highest BCUT2D eigenvalue weighted by Crippen LogP contribution is 2.40. The molecule has 50 heavy (non-hydrogen) atoms. The zero-order chi connectivity index (χ0) is 37.9. The summed E-state index contributed by atoms with van der Waals surface area (Å²) in [6.45, 7) is 3.15. The van der Waals surface area contributed by atoms with Crippen LogP contribution in [0.15, 0.2) is 60.4 Å². The summed E-state index contributed by atoms with van der Waals surface area (Å²) in [5.74, 6) is -8.11. The van der Waals surface area contributed by atoms with Crippen LogP contribution >= 0.6 is 11.3 Å². The predicted octanol–water partition coefficient (Wildman–Crippen LogP) is 5.43. The van der Waals surface area contributed by atoms with E-state index in [1.165, 1.54) is 0 Å². The first-order chi connectivity index (χ1) is 23.1. The Morgan fingerprint density at radius 2 is 1.32 bits per heavy atom. The molecule has 1 spiro atoms. The number of aliphatic carboxylic acids is 3. The predicted molar refractivity (Wildman–Crippen MR) is 156 cm³/mol. The van der Waals surface area contributed by atoms with Crippen LogP contribution in [0, 0.1) is 0 Å². The minimum Gasteiger partial charge on any atom is -0.475 e. The highest BCUT2D eigenvalue weighted by atomic mass is 32.1. The second-order valence-electron chi connectivity index (χ2n) is 10.1. The molecule has 12 nitrogen and oxygen atoms in total. The van der Waals surface area contributed by atoms with Crippen LogP contribution in [0.4, 0.5) is 50.9 Å². The fraction of sp³-hybridized carbons (Fsp3) is 0.357. The van der Waals surface area contributed by atoms with Crippen molar-refractivity contribution >= 4 is 46.5 Å². The first-order valence-corrected chi connectivity index (χ1v) is 14.5. The zero-order valence-corrected chi connectivity index (χ0v) is 25.9. The van der Waals surface area contributed by atoms with Crippen LogP contribution in [0.3, 0.4) is 0 Å². The Bertz CT molecular complexity index is 1520. The average molecular weight is 748 g/mol. The van der Waals surface area contributed by atoms with E-state index in [1.807, 2.05) is 53.0 Å². The Hall–Kier alpha value is -4.99. The number of carbonyl (C=O) groups excluding carboxylic acids is 1. The topological polar surface area (TPSA) is 173 Å². The number of fused-ring (bicyclic) bond motifs is 1. The maximum absolute atomic E-state index is 13.7. The second-order valence-corrected chi connectivity index (χ2v) is 11.1. The van der Waals surface area contributed by atoms with Gasteiger partial charge in [0.15, 0.2) is 0 Å². The van der Waals surface area contributed by atoms with E-state index in [0.717, 1.165) is 54.4 Å². The van der Waals surface area contributed by atoms with E-state index in [0.29, 0.717) is 6.54 Å². The molecule has 0 bridgehead atoms. The molecule has 0 atom stereocenters. The number of likely N-dealkylation sites (tertiary alicyclic amines) is 1. The Kier molecular flexibility index (Phi) is 14.1. The maximum atomic E-state index is 13.7. The molecule has 1 amide bonds. The number of thiazole rings is 1. The fourth-order valence-electron chi connectivity index (χ4n) is 4.28. The van der Waals surface area contributed by atoms with Gasteiger partial charge in [0.05, 0.1) is 24.5 Å². The number of amides is 1. The molecule has 0 aliphatic carbocycles. The van der Waals surface area contributed by atoms with Crippen molar-refractivity contribution in [3.05, 3.63) is 70.9 Å². The van der Waals surface area contributed by atoms with Gasteiger partial charge in [0.25, 0.3) is 5.91 Å². The molecule has 2 aliphatic heterocycles. The van der Waals surface area contributed by atoms with Crippen LogP contribution in [0.5, 0.6) is 0 Å². The van der Waals surface area contributed by atoms with Gasteiger partial charge in [-0.3, -0.25) is 14.7 Å². The van der Waals surface area contributed by atoms with Crippen molar-refractivity contribution < 1.29 is 74.0 Å². The van der Waals surface area contributed by atoms with Gasteiger partial charge in [-0.25, -0.2) is 19.4 Å². The molecule has 2 aliphatic rings. The summed E-state index contributed by atoms with van der Waals surface area (Å²) in [4.78, 5) is 53.3. The number of nitrogens with one attached hydrogen (secondary N) is 1. The molecule has 5 rings (SSSR count). The largest absolute Gasteiger partial charge is 0.490 e. The number of halogens is 9. The number of aromatic nitrogens is 2. The lowest BCUT2D eigenvalue weighted by Gasteiger charge is -2.47. The molecule has 4 heterocycles. The number of nitrogens with zero attached hydrogens (tertiary/aromatic N) is 4. The number of alkyl halides is 9. The summed E-state index contributed by atoms with van der Waals surface area (Å²) in [6.07, 6.45) is -8.23. The number of benzene rings is 1. The van der Waals surface area contributed by atoms with Crippen molar-refractivity contribution in [3.63, 3.8) is 0 Å². The number of pyridine rings is 1. The third-order valence-electron chi connectivity index (χ3n) is 6.57. The van der Waals surface area contributed by atoms with Gasteiger partial charge in [-0.2, -0.15) is 39.5 Å². The van der Waals surface area contributed by atoms with Gasteiger partial charge in [-0.1, -0.05) is 18.2 Å². The van der Waals surface area contributed by atoms with E-state index in [9.17, 15) is 44.3 Å². The van der Waals surface area contributed by atoms with Crippen molar-refractivity contribution in [2.75, 3.05) is 23.3 Å². The van der Waals surface area contributed by atoms with Gasteiger partial charge in [0.2, 0.25) is 0 Å². The Balaban J connectivity index is 0.000000338. The molecular weight excluding hydrogens is 721 g/mol. The molecule has 1 fully saturated rings. The molecule has 2 aromatic heterocycles. The smallest absolute Gasteiger partial charge is 0.475 e. The number of piperidine rings is 1. The quantitative estimate of drug-likeness (QED) is 0.251. The number of hydrogen-bond acceptors (Lipinski definition) is 9. The Labute approximate surface area is 279 Å². The lowest BCUT2D eigenvalue weighted by atomic mass is 9.83. The summed E-state index contributed by atoms with van der Waals surface area (Å²) in [5.41, 5.74) is 2.46. The highest BCUT2D eigenvalue weighted by molar-refractivity contribution is 7.09. The van der Waals surface area contributed by atoms with Crippen molar-refractivity contribution in [2.45, 2.75) is 50.0 Å². The van der Waals surface area contributed by atoms with Crippen LogP contribution in [-0.2, 0) is 32.3 Å². The van der Waals surface area contributed by atoms with Crippen LogP contribution in [-0.4, -0.2) is 91.2 Å². The number of carboxylic acids is 3. The molecule has 274 valence electrons. The van der Waals surface area contributed by atoms with Crippen molar-refractivity contribution in [3.8, 4) is 0 Å². The maximum Gasteiger partial charge on any atom is 0.490 e. The monoisotopic (exact) mass is 747 g/mol. The summed E-state index contributed by atoms with van der Waals surface area (Å²) < 4.78 is 95.2. The van der Waals surface area contributed by atoms with E-state index >= 15 is 0 Å². The molecule has 1 aromatic carbocycles. The van der Waals surface area contributed by atoms with E-state index in [1.54, 1.807) is 17.5 Å². The number of anilines is 2. The van der Waals surface area contributed by atoms with Gasteiger partial charge < -0.3 is 25.5 Å². The molecular formula is C28H26F9N5O7S. The summed E-state index contributed by atoms with van der Waals surface area (Å²) >= 11 is 1.69. The van der Waals surface area contributed by atoms with Crippen molar-refractivity contribution in [1.82, 2.24) is 14.9 Å². The average Bonchev–Trinajstić information content (AvgIpc) is 3.54. The first-order valence-electron chi connectivity index (χ1n) is 13.7. The van der Waals surface area contributed by atoms with Gasteiger partial charge in [-0.15, -0.1) is 11.3 Å². The molecule has 0 unspecified atom stereocenters. The minimum atomic E-state index is -5.08. The minimum absolute atomic E-state index is 0.161. The lowest BCUT2D eigenvalue weighted by Crippen LogP contribution is -2.61. The molecule has 3 aromatic rings. The number of carbonyl (C=O) groups is 4.